The van der Waals surface area contributed by atoms with Crippen molar-refractivity contribution in [1.82, 2.24) is 4.90 Å². The molecule has 0 radical (unpaired) electrons. The van der Waals surface area contributed by atoms with E-state index < -0.39 is 0 Å². The summed E-state index contributed by atoms with van der Waals surface area (Å²) in [6.07, 6.45) is 7.63. The molecule has 1 aliphatic carbocycles. The quantitative estimate of drug-likeness (QED) is 0.487. The van der Waals surface area contributed by atoms with Crippen LogP contribution in [0.25, 0.3) is 0 Å². The summed E-state index contributed by atoms with van der Waals surface area (Å²) in [5.41, 5.74) is 0.201. The Hall–Kier alpha value is -1.32. The zero-order valence-electron chi connectivity index (χ0n) is 7.35. The molecule has 2 rings (SSSR count). The second kappa shape index (κ2) is 3.20. The standard InChI is InChI=1S/C9H12N2O2/c12-11(13)9-2-1-5-10(7-9)6-8-3-4-8/h1-2,7-8H,3-6H2. The molecule has 0 saturated heterocycles. The molecule has 4 nitrogen and oxygen atoms in total. The van der Waals surface area contributed by atoms with Gasteiger partial charge in [-0.2, -0.15) is 0 Å². The topological polar surface area (TPSA) is 46.4 Å². The summed E-state index contributed by atoms with van der Waals surface area (Å²) >= 11 is 0. The molecule has 0 aromatic heterocycles. The molecule has 0 aromatic carbocycles. The smallest absolute Gasteiger partial charge is 0.284 e. The second-order valence-electron chi connectivity index (χ2n) is 3.61. The van der Waals surface area contributed by atoms with E-state index in [0.29, 0.717) is 0 Å². The fourth-order valence-electron chi connectivity index (χ4n) is 1.46. The van der Waals surface area contributed by atoms with Gasteiger partial charge in [-0.25, -0.2) is 0 Å². The summed E-state index contributed by atoms with van der Waals surface area (Å²) in [7, 11) is 0. The number of hydrogen-bond donors (Lipinski definition) is 0. The van der Waals surface area contributed by atoms with Crippen LogP contribution in [0, 0.1) is 16.0 Å². The van der Waals surface area contributed by atoms with Crippen LogP contribution in [0.5, 0.6) is 0 Å². The first kappa shape index (κ1) is 8.29. The van der Waals surface area contributed by atoms with Crippen molar-refractivity contribution in [3.63, 3.8) is 0 Å². The van der Waals surface area contributed by atoms with E-state index in [-0.39, 0.29) is 10.6 Å². The van der Waals surface area contributed by atoms with E-state index >= 15 is 0 Å². The summed E-state index contributed by atoms with van der Waals surface area (Å²) in [5.74, 6) is 0.774. The van der Waals surface area contributed by atoms with Crippen molar-refractivity contribution in [2.75, 3.05) is 13.1 Å². The van der Waals surface area contributed by atoms with Gasteiger partial charge >= 0.3 is 0 Å². The summed E-state index contributed by atoms with van der Waals surface area (Å²) in [6.45, 7) is 1.79. The van der Waals surface area contributed by atoms with Crippen molar-refractivity contribution < 1.29 is 4.92 Å². The summed E-state index contributed by atoms with van der Waals surface area (Å²) in [4.78, 5) is 12.1. The van der Waals surface area contributed by atoms with Gasteiger partial charge in [0.2, 0.25) is 0 Å². The predicted molar refractivity (Wildman–Crippen MR) is 48.5 cm³/mol. The molecule has 0 spiro atoms. The lowest BCUT2D eigenvalue weighted by molar-refractivity contribution is -0.420. The van der Waals surface area contributed by atoms with Crippen LogP contribution < -0.4 is 0 Å². The third-order valence-electron chi connectivity index (χ3n) is 2.34. The molecule has 0 amide bonds. The first-order valence-corrected chi connectivity index (χ1v) is 4.52. The summed E-state index contributed by atoms with van der Waals surface area (Å²) in [6, 6.07) is 0. The maximum Gasteiger partial charge on any atom is 0.284 e. The number of allylic oxidation sites excluding steroid dienone is 1. The van der Waals surface area contributed by atoms with Gasteiger partial charge in [0, 0.05) is 19.2 Å². The van der Waals surface area contributed by atoms with E-state index in [1.54, 1.807) is 12.3 Å². The molecule has 0 N–H and O–H groups in total. The molecular formula is C9H12N2O2. The molecule has 0 unspecified atom stereocenters. The number of nitrogens with zero attached hydrogens (tertiary/aromatic N) is 2. The first-order chi connectivity index (χ1) is 6.25. The van der Waals surface area contributed by atoms with Gasteiger partial charge < -0.3 is 4.90 Å². The lowest BCUT2D eigenvalue weighted by atomic mass is 10.3. The molecule has 0 atom stereocenters. The Morgan fingerprint density at radius 2 is 2.38 bits per heavy atom. The zero-order chi connectivity index (χ0) is 9.26. The molecule has 4 heteroatoms. The van der Waals surface area contributed by atoms with Crippen LogP contribution in [0.1, 0.15) is 12.8 Å². The Bertz CT molecular complexity index is 279. The van der Waals surface area contributed by atoms with E-state index in [0.717, 1.165) is 19.0 Å². The molecule has 0 bridgehead atoms. The number of rotatable bonds is 3. The normalized spacial score (nSPS) is 21.5. The van der Waals surface area contributed by atoms with Crippen molar-refractivity contribution in [3.05, 3.63) is 34.2 Å². The van der Waals surface area contributed by atoms with Crippen LogP contribution in [0.3, 0.4) is 0 Å². The van der Waals surface area contributed by atoms with Crippen LogP contribution in [0.15, 0.2) is 24.0 Å². The second-order valence-corrected chi connectivity index (χ2v) is 3.61. The third kappa shape index (κ3) is 2.08. The molecule has 1 aliphatic heterocycles. The lowest BCUT2D eigenvalue weighted by Gasteiger charge is -2.19. The van der Waals surface area contributed by atoms with Gasteiger partial charge in [-0.3, -0.25) is 10.1 Å². The highest BCUT2D eigenvalue weighted by Crippen LogP contribution is 2.30. The highest BCUT2D eigenvalue weighted by Gasteiger charge is 2.24. The maximum absolute atomic E-state index is 10.5. The molecule has 2 aliphatic rings. The number of nitro groups is 1. The van der Waals surface area contributed by atoms with Gasteiger partial charge in [0.25, 0.3) is 5.70 Å². The Balaban J connectivity index is 1.98. The van der Waals surface area contributed by atoms with E-state index in [4.69, 9.17) is 0 Å². The Morgan fingerprint density at radius 1 is 1.62 bits per heavy atom. The minimum absolute atomic E-state index is 0.201. The predicted octanol–water partition coefficient (Wildman–Crippen LogP) is 1.39. The molecule has 1 heterocycles. The first-order valence-electron chi connectivity index (χ1n) is 4.52. The van der Waals surface area contributed by atoms with Crippen LogP contribution in [0.4, 0.5) is 0 Å². The monoisotopic (exact) mass is 180 g/mol. The van der Waals surface area contributed by atoms with E-state index in [2.05, 4.69) is 0 Å². The Kier molecular flexibility index (Phi) is 2.04. The number of hydrogen-bond acceptors (Lipinski definition) is 3. The third-order valence-corrected chi connectivity index (χ3v) is 2.34. The van der Waals surface area contributed by atoms with Gasteiger partial charge in [-0.05, 0) is 18.8 Å². The highest BCUT2D eigenvalue weighted by molar-refractivity contribution is 5.15. The van der Waals surface area contributed by atoms with Gasteiger partial charge in [0.15, 0.2) is 0 Å². The molecule has 1 saturated carbocycles. The summed E-state index contributed by atoms with van der Waals surface area (Å²) in [5, 5.41) is 10.5. The Labute approximate surface area is 76.7 Å². The maximum atomic E-state index is 10.5. The average Bonchev–Trinajstić information content (AvgIpc) is 2.89. The molecular weight excluding hydrogens is 168 g/mol. The van der Waals surface area contributed by atoms with Crippen molar-refractivity contribution >= 4 is 0 Å². The van der Waals surface area contributed by atoms with Crippen LogP contribution in [-0.4, -0.2) is 22.9 Å². The molecule has 0 aromatic rings. The molecule has 70 valence electrons. The minimum atomic E-state index is -0.338. The Morgan fingerprint density at radius 3 is 3.00 bits per heavy atom. The van der Waals surface area contributed by atoms with Crippen LogP contribution in [-0.2, 0) is 0 Å². The van der Waals surface area contributed by atoms with Gasteiger partial charge in [-0.1, -0.05) is 6.08 Å². The van der Waals surface area contributed by atoms with Crippen molar-refractivity contribution in [2.24, 2.45) is 5.92 Å². The van der Waals surface area contributed by atoms with Gasteiger partial charge in [-0.15, -0.1) is 0 Å². The summed E-state index contributed by atoms with van der Waals surface area (Å²) < 4.78 is 0. The molecule has 13 heavy (non-hydrogen) atoms. The fourth-order valence-corrected chi connectivity index (χ4v) is 1.46. The van der Waals surface area contributed by atoms with Gasteiger partial charge in [0.1, 0.15) is 0 Å². The lowest BCUT2D eigenvalue weighted by Crippen LogP contribution is -2.23. The largest absolute Gasteiger partial charge is 0.368 e. The van der Waals surface area contributed by atoms with E-state index in [1.165, 1.54) is 12.8 Å². The van der Waals surface area contributed by atoms with Gasteiger partial charge in [0.05, 0.1) is 11.1 Å². The van der Waals surface area contributed by atoms with Crippen molar-refractivity contribution in [3.8, 4) is 0 Å². The van der Waals surface area contributed by atoms with Crippen LogP contribution >= 0.6 is 0 Å². The van der Waals surface area contributed by atoms with E-state index in [1.807, 2.05) is 11.0 Å². The highest BCUT2D eigenvalue weighted by atomic mass is 16.6. The van der Waals surface area contributed by atoms with Crippen LogP contribution in [0.2, 0.25) is 0 Å². The van der Waals surface area contributed by atoms with Crippen molar-refractivity contribution in [2.45, 2.75) is 12.8 Å². The minimum Gasteiger partial charge on any atom is -0.368 e. The van der Waals surface area contributed by atoms with Crippen molar-refractivity contribution in [1.29, 1.82) is 0 Å². The average molecular weight is 180 g/mol. The fraction of sp³-hybridized carbons (Fsp3) is 0.556. The SMILES string of the molecule is O=[N+]([O-])C1=CN(CC2CC2)CC=C1. The zero-order valence-corrected chi connectivity index (χ0v) is 7.35. The molecule has 1 fully saturated rings. The van der Waals surface area contributed by atoms with E-state index in [9.17, 15) is 10.1 Å².